The Hall–Kier alpha value is -1.80. The van der Waals surface area contributed by atoms with Crippen molar-refractivity contribution in [3.8, 4) is 11.1 Å². The zero-order valence-corrected chi connectivity index (χ0v) is 10.8. The molecule has 3 heteroatoms. The molecule has 2 aromatic carbocycles. The van der Waals surface area contributed by atoms with Crippen molar-refractivity contribution in [2.75, 3.05) is 6.61 Å². The number of rotatable bonds is 3. The molecule has 0 unspecified atom stereocenters. The van der Waals surface area contributed by atoms with Gasteiger partial charge in [0.2, 0.25) is 0 Å². The number of esters is 1. The van der Waals surface area contributed by atoms with Crippen LogP contribution in [0.1, 0.15) is 17.3 Å². The van der Waals surface area contributed by atoms with E-state index in [1.165, 1.54) is 0 Å². The molecule has 2 nitrogen and oxygen atoms in total. The van der Waals surface area contributed by atoms with Gasteiger partial charge in [0.15, 0.2) is 0 Å². The minimum absolute atomic E-state index is 0.304. The highest BCUT2D eigenvalue weighted by molar-refractivity contribution is 6.30. The molecule has 18 heavy (non-hydrogen) atoms. The number of benzene rings is 2. The fourth-order valence-electron chi connectivity index (χ4n) is 1.71. The number of halogens is 1. The SMILES string of the molecule is CCOC(=O)c1cccc(-c2cccc(Cl)c2)c1. The van der Waals surface area contributed by atoms with Crippen molar-refractivity contribution in [2.24, 2.45) is 0 Å². The quantitative estimate of drug-likeness (QED) is 0.774. The van der Waals surface area contributed by atoms with Gasteiger partial charge >= 0.3 is 5.97 Å². The average Bonchev–Trinajstić information content (AvgIpc) is 2.39. The first-order valence-electron chi connectivity index (χ1n) is 5.74. The van der Waals surface area contributed by atoms with E-state index in [0.717, 1.165) is 11.1 Å². The maximum atomic E-state index is 11.6. The smallest absolute Gasteiger partial charge is 0.338 e. The molecule has 0 saturated carbocycles. The van der Waals surface area contributed by atoms with E-state index in [4.69, 9.17) is 16.3 Å². The fourth-order valence-corrected chi connectivity index (χ4v) is 1.90. The lowest BCUT2D eigenvalue weighted by molar-refractivity contribution is 0.0526. The molecule has 0 radical (unpaired) electrons. The van der Waals surface area contributed by atoms with E-state index in [2.05, 4.69) is 0 Å². The van der Waals surface area contributed by atoms with Crippen LogP contribution in [0.4, 0.5) is 0 Å². The first-order valence-corrected chi connectivity index (χ1v) is 6.11. The highest BCUT2D eigenvalue weighted by Gasteiger charge is 2.07. The normalized spacial score (nSPS) is 10.1. The largest absolute Gasteiger partial charge is 0.462 e. The monoisotopic (exact) mass is 260 g/mol. The average molecular weight is 261 g/mol. The molecule has 0 bridgehead atoms. The van der Waals surface area contributed by atoms with E-state index in [1.54, 1.807) is 13.0 Å². The highest BCUT2D eigenvalue weighted by atomic mass is 35.5. The van der Waals surface area contributed by atoms with Gasteiger partial charge in [-0.15, -0.1) is 0 Å². The topological polar surface area (TPSA) is 26.3 Å². The summed E-state index contributed by atoms with van der Waals surface area (Å²) < 4.78 is 4.98. The predicted molar refractivity (Wildman–Crippen MR) is 72.8 cm³/mol. The Morgan fingerprint density at radius 2 is 1.78 bits per heavy atom. The van der Waals surface area contributed by atoms with Crippen molar-refractivity contribution in [1.82, 2.24) is 0 Å². The van der Waals surface area contributed by atoms with Crippen LogP contribution >= 0.6 is 11.6 Å². The Bertz CT molecular complexity index is 564. The van der Waals surface area contributed by atoms with Gasteiger partial charge in [0.25, 0.3) is 0 Å². The summed E-state index contributed by atoms with van der Waals surface area (Å²) in [7, 11) is 0. The van der Waals surface area contributed by atoms with Crippen molar-refractivity contribution in [3.63, 3.8) is 0 Å². The number of hydrogen-bond acceptors (Lipinski definition) is 2. The first kappa shape index (κ1) is 12.7. The van der Waals surface area contributed by atoms with Crippen LogP contribution < -0.4 is 0 Å². The predicted octanol–water partition coefficient (Wildman–Crippen LogP) is 4.18. The lowest BCUT2D eigenvalue weighted by atomic mass is 10.0. The van der Waals surface area contributed by atoms with E-state index in [0.29, 0.717) is 17.2 Å². The zero-order chi connectivity index (χ0) is 13.0. The number of carbonyl (C=O) groups is 1. The molecule has 0 aliphatic carbocycles. The van der Waals surface area contributed by atoms with E-state index in [9.17, 15) is 4.79 Å². The van der Waals surface area contributed by atoms with Crippen molar-refractivity contribution >= 4 is 17.6 Å². The van der Waals surface area contributed by atoms with Gasteiger partial charge in [-0.2, -0.15) is 0 Å². The molecular weight excluding hydrogens is 248 g/mol. The lowest BCUT2D eigenvalue weighted by Crippen LogP contribution is -2.04. The molecule has 0 atom stereocenters. The zero-order valence-electron chi connectivity index (χ0n) is 10.0. The van der Waals surface area contributed by atoms with Crippen LogP contribution in [-0.2, 0) is 4.74 Å². The van der Waals surface area contributed by atoms with Gasteiger partial charge in [0, 0.05) is 5.02 Å². The standard InChI is InChI=1S/C15H13ClO2/c1-2-18-15(17)13-7-3-5-11(9-13)12-6-4-8-14(16)10-12/h3-10H,2H2,1H3. The Morgan fingerprint density at radius 3 is 2.44 bits per heavy atom. The number of carbonyl (C=O) groups excluding carboxylic acids is 1. The molecular formula is C15H13ClO2. The van der Waals surface area contributed by atoms with Crippen LogP contribution in [0.3, 0.4) is 0 Å². The summed E-state index contributed by atoms with van der Waals surface area (Å²) in [4.78, 5) is 11.6. The second-order valence-corrected chi connectivity index (χ2v) is 4.25. The molecule has 0 aliphatic heterocycles. The third-order valence-corrected chi connectivity index (χ3v) is 2.77. The highest BCUT2D eigenvalue weighted by Crippen LogP contribution is 2.23. The summed E-state index contributed by atoms with van der Waals surface area (Å²) in [6.07, 6.45) is 0. The molecule has 0 saturated heterocycles. The molecule has 2 aromatic rings. The summed E-state index contributed by atoms with van der Waals surface area (Å²) in [5.41, 5.74) is 2.48. The second kappa shape index (κ2) is 5.69. The summed E-state index contributed by atoms with van der Waals surface area (Å²) in [6, 6.07) is 14.9. The molecule has 0 fully saturated rings. The minimum Gasteiger partial charge on any atom is -0.462 e. The number of hydrogen-bond donors (Lipinski definition) is 0. The van der Waals surface area contributed by atoms with E-state index >= 15 is 0 Å². The van der Waals surface area contributed by atoms with Gasteiger partial charge in [-0.1, -0.05) is 35.9 Å². The van der Waals surface area contributed by atoms with Crippen LogP contribution in [0, 0.1) is 0 Å². The molecule has 0 spiro atoms. The summed E-state index contributed by atoms with van der Waals surface area (Å²) in [5, 5.41) is 0.675. The minimum atomic E-state index is -0.304. The molecule has 92 valence electrons. The molecule has 2 rings (SSSR count). The Morgan fingerprint density at radius 1 is 1.11 bits per heavy atom. The van der Waals surface area contributed by atoms with Crippen LogP contribution in [0.5, 0.6) is 0 Å². The van der Waals surface area contributed by atoms with Crippen molar-refractivity contribution in [1.29, 1.82) is 0 Å². The Balaban J connectivity index is 2.35. The third-order valence-electron chi connectivity index (χ3n) is 2.53. The van der Waals surface area contributed by atoms with Gasteiger partial charge < -0.3 is 4.74 Å². The fraction of sp³-hybridized carbons (Fsp3) is 0.133. The van der Waals surface area contributed by atoms with Crippen molar-refractivity contribution in [2.45, 2.75) is 6.92 Å². The first-order chi connectivity index (χ1) is 8.70. The van der Waals surface area contributed by atoms with E-state index < -0.39 is 0 Å². The summed E-state index contributed by atoms with van der Waals surface area (Å²) in [5.74, 6) is -0.304. The molecule has 0 amide bonds. The lowest BCUT2D eigenvalue weighted by Gasteiger charge is -2.05. The second-order valence-electron chi connectivity index (χ2n) is 3.81. The summed E-state index contributed by atoms with van der Waals surface area (Å²) in [6.45, 7) is 2.17. The van der Waals surface area contributed by atoms with E-state index in [-0.39, 0.29) is 5.97 Å². The maximum Gasteiger partial charge on any atom is 0.338 e. The van der Waals surface area contributed by atoms with Crippen molar-refractivity contribution in [3.05, 3.63) is 59.1 Å². The Kier molecular flexibility index (Phi) is 4.00. The van der Waals surface area contributed by atoms with Gasteiger partial charge in [-0.25, -0.2) is 4.79 Å². The third kappa shape index (κ3) is 2.90. The molecule has 0 N–H and O–H groups in total. The van der Waals surface area contributed by atoms with Crippen LogP contribution in [0.2, 0.25) is 5.02 Å². The molecule has 0 heterocycles. The van der Waals surface area contributed by atoms with Gasteiger partial charge in [0.05, 0.1) is 12.2 Å². The van der Waals surface area contributed by atoms with Crippen LogP contribution in [0.25, 0.3) is 11.1 Å². The van der Waals surface area contributed by atoms with E-state index in [1.807, 2.05) is 42.5 Å². The van der Waals surface area contributed by atoms with Crippen LogP contribution in [-0.4, -0.2) is 12.6 Å². The van der Waals surface area contributed by atoms with Gasteiger partial charge in [0.1, 0.15) is 0 Å². The van der Waals surface area contributed by atoms with Crippen molar-refractivity contribution < 1.29 is 9.53 Å². The molecule has 0 aliphatic rings. The summed E-state index contributed by atoms with van der Waals surface area (Å²) >= 11 is 5.96. The van der Waals surface area contributed by atoms with Gasteiger partial charge in [-0.3, -0.25) is 0 Å². The van der Waals surface area contributed by atoms with Crippen LogP contribution in [0.15, 0.2) is 48.5 Å². The van der Waals surface area contributed by atoms with Gasteiger partial charge in [-0.05, 0) is 42.3 Å². The molecule has 0 aromatic heterocycles. The maximum absolute atomic E-state index is 11.6. The Labute approximate surface area is 111 Å². The number of ether oxygens (including phenoxy) is 1.